The average molecular weight is 325 g/mol. The summed E-state index contributed by atoms with van der Waals surface area (Å²) in [5, 5.41) is 6.39. The van der Waals surface area contributed by atoms with Crippen LogP contribution in [0, 0.1) is 11.2 Å². The zero-order valence-electron chi connectivity index (χ0n) is 14.9. The zero-order valence-corrected chi connectivity index (χ0v) is 14.9. The maximum absolute atomic E-state index is 13.7. The first-order valence-corrected chi connectivity index (χ1v) is 7.61. The van der Waals surface area contributed by atoms with Crippen LogP contribution >= 0.6 is 0 Å². The molecule has 130 valence electrons. The minimum absolute atomic E-state index is 0.0275. The third-order valence-corrected chi connectivity index (χ3v) is 3.61. The van der Waals surface area contributed by atoms with Gasteiger partial charge in [0.2, 0.25) is 0 Å². The van der Waals surface area contributed by atoms with Gasteiger partial charge < -0.3 is 20.1 Å². The van der Waals surface area contributed by atoms with Crippen LogP contribution in [-0.2, 0) is 11.3 Å². The number of guanidine groups is 1. The van der Waals surface area contributed by atoms with Gasteiger partial charge in [-0.15, -0.1) is 0 Å². The van der Waals surface area contributed by atoms with Crippen LogP contribution in [0.2, 0.25) is 0 Å². The van der Waals surface area contributed by atoms with E-state index < -0.39 is 0 Å². The van der Waals surface area contributed by atoms with Crippen molar-refractivity contribution in [3.63, 3.8) is 0 Å². The second kappa shape index (κ2) is 8.72. The molecule has 1 atom stereocenters. The molecule has 23 heavy (non-hydrogen) atoms. The molecule has 0 saturated carbocycles. The van der Waals surface area contributed by atoms with E-state index in [1.165, 1.54) is 13.2 Å². The van der Waals surface area contributed by atoms with E-state index in [-0.39, 0.29) is 23.1 Å². The predicted octanol–water partition coefficient (Wildman–Crippen LogP) is 2.56. The van der Waals surface area contributed by atoms with Gasteiger partial charge in [-0.1, -0.05) is 26.8 Å². The molecule has 2 N–H and O–H groups in total. The van der Waals surface area contributed by atoms with E-state index in [1.54, 1.807) is 20.2 Å². The molecule has 1 aromatic carbocycles. The summed E-state index contributed by atoms with van der Waals surface area (Å²) in [4.78, 5) is 4.17. The Bertz CT molecular complexity index is 527. The minimum Gasteiger partial charge on any atom is -0.494 e. The molecule has 0 saturated heterocycles. The van der Waals surface area contributed by atoms with Gasteiger partial charge in [-0.25, -0.2) is 4.39 Å². The largest absolute Gasteiger partial charge is 0.494 e. The molecule has 1 aromatic rings. The van der Waals surface area contributed by atoms with Gasteiger partial charge in [-0.2, -0.15) is 0 Å². The van der Waals surface area contributed by atoms with Crippen molar-refractivity contribution in [3.05, 3.63) is 29.6 Å². The number of rotatable bonds is 6. The molecule has 0 aliphatic carbocycles. The Labute approximate surface area is 138 Å². The van der Waals surface area contributed by atoms with Crippen LogP contribution in [0.25, 0.3) is 0 Å². The molecule has 0 fully saturated rings. The van der Waals surface area contributed by atoms with Gasteiger partial charge in [-0.05, 0) is 23.1 Å². The normalized spacial score (nSPS) is 13.6. The lowest BCUT2D eigenvalue weighted by molar-refractivity contribution is 0.0205. The van der Waals surface area contributed by atoms with E-state index in [4.69, 9.17) is 9.47 Å². The van der Waals surface area contributed by atoms with Crippen LogP contribution in [0.15, 0.2) is 23.2 Å². The first kappa shape index (κ1) is 19.2. The van der Waals surface area contributed by atoms with Gasteiger partial charge in [0.25, 0.3) is 0 Å². The SMILES string of the molecule is CN=C(NCc1ccc(OC)c(F)c1)NCC(OC)C(C)(C)C. The highest BCUT2D eigenvalue weighted by Crippen LogP contribution is 2.21. The third-order valence-electron chi connectivity index (χ3n) is 3.61. The Morgan fingerprint density at radius 3 is 2.43 bits per heavy atom. The molecule has 0 aliphatic heterocycles. The fraction of sp³-hybridized carbons (Fsp3) is 0.588. The van der Waals surface area contributed by atoms with Crippen molar-refractivity contribution < 1.29 is 13.9 Å². The molecule has 0 spiro atoms. The van der Waals surface area contributed by atoms with Gasteiger partial charge in [0.15, 0.2) is 17.5 Å². The molecule has 0 amide bonds. The quantitative estimate of drug-likeness (QED) is 0.623. The van der Waals surface area contributed by atoms with Crippen LogP contribution in [0.1, 0.15) is 26.3 Å². The summed E-state index contributed by atoms with van der Waals surface area (Å²) in [5.74, 6) is 0.513. The number of aliphatic imine (C=N–C) groups is 1. The second-order valence-electron chi connectivity index (χ2n) is 6.37. The molecule has 6 heteroatoms. The van der Waals surface area contributed by atoms with E-state index in [0.717, 1.165) is 5.56 Å². The van der Waals surface area contributed by atoms with Crippen LogP contribution in [-0.4, -0.2) is 39.9 Å². The summed E-state index contributed by atoms with van der Waals surface area (Å²) in [6, 6.07) is 4.88. The molecule has 1 rings (SSSR count). The first-order chi connectivity index (χ1) is 10.8. The summed E-state index contributed by atoms with van der Waals surface area (Å²) in [7, 11) is 4.85. The van der Waals surface area contributed by atoms with Crippen molar-refractivity contribution in [3.8, 4) is 5.75 Å². The van der Waals surface area contributed by atoms with E-state index in [0.29, 0.717) is 19.0 Å². The lowest BCUT2D eigenvalue weighted by atomic mass is 9.89. The van der Waals surface area contributed by atoms with Gasteiger partial charge in [0.1, 0.15) is 0 Å². The molecule has 0 radical (unpaired) electrons. The van der Waals surface area contributed by atoms with Gasteiger partial charge in [0.05, 0.1) is 13.2 Å². The summed E-state index contributed by atoms with van der Waals surface area (Å²) in [6.07, 6.45) is 0.0551. The number of ether oxygens (including phenoxy) is 2. The Balaban J connectivity index is 2.56. The van der Waals surface area contributed by atoms with Crippen LogP contribution in [0.3, 0.4) is 0 Å². The fourth-order valence-corrected chi connectivity index (χ4v) is 2.16. The predicted molar refractivity (Wildman–Crippen MR) is 91.4 cm³/mol. The van der Waals surface area contributed by atoms with Gasteiger partial charge in [0, 0.05) is 27.2 Å². The third kappa shape index (κ3) is 6.06. The summed E-state index contributed by atoms with van der Waals surface area (Å²) >= 11 is 0. The minimum atomic E-state index is -0.373. The standard InChI is InChI=1S/C17H28FN3O2/c1-17(2,3)15(23-6)11-21-16(19-4)20-10-12-7-8-14(22-5)13(18)9-12/h7-9,15H,10-11H2,1-6H3,(H2,19,20,21). The lowest BCUT2D eigenvalue weighted by Crippen LogP contribution is -2.45. The summed E-state index contributed by atoms with van der Waals surface area (Å²) < 4.78 is 24.1. The Hall–Kier alpha value is -1.82. The maximum atomic E-state index is 13.7. The van der Waals surface area contributed by atoms with E-state index >= 15 is 0 Å². The Kier molecular flexibility index (Phi) is 7.29. The maximum Gasteiger partial charge on any atom is 0.191 e. The van der Waals surface area contributed by atoms with Crippen molar-refractivity contribution in [2.75, 3.05) is 27.8 Å². The molecule has 0 aliphatic rings. The van der Waals surface area contributed by atoms with Crippen LogP contribution < -0.4 is 15.4 Å². The van der Waals surface area contributed by atoms with Crippen molar-refractivity contribution in [1.82, 2.24) is 10.6 Å². The number of nitrogens with one attached hydrogen (secondary N) is 2. The molecule has 0 aromatic heterocycles. The summed E-state index contributed by atoms with van der Waals surface area (Å²) in [6.45, 7) is 7.47. The Morgan fingerprint density at radius 1 is 1.26 bits per heavy atom. The number of methoxy groups -OCH3 is 2. The smallest absolute Gasteiger partial charge is 0.191 e. The lowest BCUT2D eigenvalue weighted by Gasteiger charge is -2.30. The second-order valence-corrected chi connectivity index (χ2v) is 6.37. The number of benzene rings is 1. The zero-order chi connectivity index (χ0) is 17.5. The van der Waals surface area contributed by atoms with Crippen molar-refractivity contribution in [2.24, 2.45) is 10.4 Å². The summed E-state index contributed by atoms with van der Waals surface area (Å²) in [5.41, 5.74) is 0.838. The Morgan fingerprint density at radius 2 is 1.96 bits per heavy atom. The van der Waals surface area contributed by atoms with E-state index in [9.17, 15) is 4.39 Å². The van der Waals surface area contributed by atoms with Gasteiger partial charge in [-0.3, -0.25) is 4.99 Å². The topological polar surface area (TPSA) is 54.9 Å². The highest BCUT2D eigenvalue weighted by atomic mass is 19.1. The fourth-order valence-electron chi connectivity index (χ4n) is 2.16. The van der Waals surface area contributed by atoms with E-state index in [2.05, 4.69) is 36.4 Å². The van der Waals surface area contributed by atoms with Crippen molar-refractivity contribution >= 4 is 5.96 Å². The molecule has 0 heterocycles. The van der Waals surface area contributed by atoms with Crippen LogP contribution in [0.4, 0.5) is 4.39 Å². The van der Waals surface area contributed by atoms with E-state index in [1.807, 2.05) is 6.07 Å². The molecule has 0 bridgehead atoms. The number of hydrogen-bond acceptors (Lipinski definition) is 3. The highest BCUT2D eigenvalue weighted by Gasteiger charge is 2.24. The van der Waals surface area contributed by atoms with Crippen LogP contribution in [0.5, 0.6) is 5.75 Å². The number of halogens is 1. The van der Waals surface area contributed by atoms with Gasteiger partial charge >= 0.3 is 0 Å². The monoisotopic (exact) mass is 325 g/mol. The first-order valence-electron chi connectivity index (χ1n) is 7.61. The molecular weight excluding hydrogens is 297 g/mol. The molecular formula is C17H28FN3O2. The number of hydrogen-bond donors (Lipinski definition) is 2. The molecule has 5 nitrogen and oxygen atoms in total. The average Bonchev–Trinajstić information content (AvgIpc) is 2.49. The molecule has 1 unspecified atom stereocenters. The van der Waals surface area contributed by atoms with Crippen molar-refractivity contribution in [2.45, 2.75) is 33.4 Å². The highest BCUT2D eigenvalue weighted by molar-refractivity contribution is 5.79. The number of nitrogens with zero attached hydrogens (tertiary/aromatic N) is 1. The van der Waals surface area contributed by atoms with Crippen molar-refractivity contribution in [1.29, 1.82) is 0 Å².